The molecule has 0 saturated heterocycles. The van der Waals surface area contributed by atoms with Gasteiger partial charge in [-0.2, -0.15) is 0 Å². The zero-order chi connectivity index (χ0) is 9.26. The van der Waals surface area contributed by atoms with E-state index in [2.05, 4.69) is 0 Å². The van der Waals surface area contributed by atoms with Gasteiger partial charge in [-0.05, 0) is 13.0 Å². The molecule has 0 spiro atoms. The summed E-state index contributed by atoms with van der Waals surface area (Å²) in [6.07, 6.45) is 0. The molecule has 0 aliphatic rings. The lowest BCUT2D eigenvalue weighted by Gasteiger charge is -1.94. The first kappa shape index (κ1) is 8.20. The van der Waals surface area contributed by atoms with Crippen LogP contribution in [0, 0.1) is 6.92 Å². The monoisotopic (exact) mass is 175 g/mol. The molecule has 0 saturated carbocycles. The maximum Gasteiger partial charge on any atom is 0.571 e. The van der Waals surface area contributed by atoms with Crippen LogP contribution in [0.3, 0.4) is 0 Å². The van der Waals surface area contributed by atoms with Crippen molar-refractivity contribution in [2.45, 2.75) is 6.92 Å². The summed E-state index contributed by atoms with van der Waals surface area (Å²) >= 11 is 0. The third-order valence-electron chi connectivity index (χ3n) is 1.96. The van der Waals surface area contributed by atoms with E-state index in [1.54, 1.807) is 0 Å². The first-order valence-corrected chi connectivity index (χ1v) is 3.93. The Kier molecular flexibility index (Phi) is 1.98. The molecule has 0 bridgehead atoms. The Labute approximate surface area is 76.2 Å². The van der Waals surface area contributed by atoms with E-state index in [0.717, 1.165) is 16.5 Å². The molecule has 1 radical (unpaired) electrons. The predicted molar refractivity (Wildman–Crippen MR) is 49.6 cm³/mol. The molecule has 3 nitrogen and oxygen atoms in total. The van der Waals surface area contributed by atoms with Crippen molar-refractivity contribution in [2.24, 2.45) is 0 Å². The molecule has 13 heavy (non-hydrogen) atoms. The maximum atomic E-state index is 8.46. The van der Waals surface area contributed by atoms with Gasteiger partial charge in [0.1, 0.15) is 5.58 Å². The highest BCUT2D eigenvalue weighted by molar-refractivity contribution is 6.17. The highest BCUT2D eigenvalue weighted by atomic mass is 16.6. The van der Waals surface area contributed by atoms with Crippen LogP contribution in [0.4, 0.5) is 0 Å². The average Bonchev–Trinajstić information content (AvgIpc) is 2.46. The van der Waals surface area contributed by atoms with Gasteiger partial charge in [-0.25, -0.2) is 0 Å². The van der Waals surface area contributed by atoms with Crippen molar-refractivity contribution in [2.75, 3.05) is 0 Å². The maximum absolute atomic E-state index is 8.46. The van der Waals surface area contributed by atoms with E-state index in [4.69, 9.17) is 14.1 Å². The van der Waals surface area contributed by atoms with Crippen LogP contribution in [0.15, 0.2) is 28.7 Å². The number of fused-ring (bicyclic) bond motifs is 1. The second kappa shape index (κ2) is 3.14. The summed E-state index contributed by atoms with van der Waals surface area (Å²) in [7, 11) is 0.616. The van der Waals surface area contributed by atoms with Crippen molar-refractivity contribution in [3.63, 3.8) is 0 Å². The van der Waals surface area contributed by atoms with Gasteiger partial charge in [0.15, 0.2) is 0 Å². The van der Waals surface area contributed by atoms with E-state index in [-0.39, 0.29) is 0 Å². The largest absolute Gasteiger partial charge is 0.571 e. The fourth-order valence-corrected chi connectivity index (χ4v) is 1.31. The van der Waals surface area contributed by atoms with Crippen LogP contribution in [0.5, 0.6) is 5.95 Å². The molecule has 2 aromatic rings. The van der Waals surface area contributed by atoms with Crippen molar-refractivity contribution in [3.05, 3.63) is 29.8 Å². The molecule has 1 heterocycles. The lowest BCUT2D eigenvalue weighted by molar-refractivity contribution is 0.368. The Bertz CT molecular complexity index is 422. The fourth-order valence-electron chi connectivity index (χ4n) is 1.31. The third kappa shape index (κ3) is 1.29. The lowest BCUT2D eigenvalue weighted by atomic mass is 10.2. The normalized spacial score (nSPS) is 10.3. The molecule has 0 amide bonds. The Balaban J connectivity index is 2.60. The molecule has 1 N–H and O–H groups in total. The number of furan rings is 1. The van der Waals surface area contributed by atoms with E-state index in [9.17, 15) is 0 Å². The van der Waals surface area contributed by atoms with Crippen LogP contribution >= 0.6 is 0 Å². The van der Waals surface area contributed by atoms with Gasteiger partial charge in [0, 0.05) is 10.9 Å². The van der Waals surface area contributed by atoms with Crippen LogP contribution in [0.25, 0.3) is 11.0 Å². The molecule has 65 valence electrons. The topological polar surface area (TPSA) is 42.6 Å². The van der Waals surface area contributed by atoms with E-state index in [0.29, 0.717) is 13.6 Å². The third-order valence-corrected chi connectivity index (χ3v) is 1.96. The quantitative estimate of drug-likeness (QED) is 0.705. The van der Waals surface area contributed by atoms with Crippen molar-refractivity contribution in [1.82, 2.24) is 0 Å². The van der Waals surface area contributed by atoms with Crippen molar-refractivity contribution >= 4 is 18.7 Å². The minimum atomic E-state index is 0.337. The molecular weight excluding hydrogens is 167 g/mol. The van der Waals surface area contributed by atoms with Gasteiger partial charge in [-0.15, -0.1) is 0 Å². The standard InChI is InChI=1S/C9H8BO3/c1-6-7-4-2-3-5-8(7)12-9(6)13-10-11/h2-5,11H,1H3. The first-order valence-electron chi connectivity index (χ1n) is 3.93. The summed E-state index contributed by atoms with van der Waals surface area (Å²) in [5.41, 5.74) is 1.65. The van der Waals surface area contributed by atoms with Crippen molar-refractivity contribution < 1.29 is 14.1 Å². The second-order valence-corrected chi connectivity index (χ2v) is 2.73. The highest BCUT2D eigenvalue weighted by Gasteiger charge is 2.10. The first-order chi connectivity index (χ1) is 6.33. The zero-order valence-electron chi connectivity index (χ0n) is 7.15. The van der Waals surface area contributed by atoms with Gasteiger partial charge >= 0.3 is 7.69 Å². The molecule has 0 aliphatic carbocycles. The summed E-state index contributed by atoms with van der Waals surface area (Å²) in [5.74, 6) is 0.337. The number of benzene rings is 1. The van der Waals surface area contributed by atoms with E-state index in [1.165, 1.54) is 0 Å². The molecule has 1 aromatic carbocycles. The van der Waals surface area contributed by atoms with E-state index >= 15 is 0 Å². The minimum absolute atomic E-state index is 0.337. The smallest absolute Gasteiger partial charge is 0.510 e. The summed E-state index contributed by atoms with van der Waals surface area (Å²) in [6.45, 7) is 1.88. The number of aryl methyl sites for hydroxylation is 1. The summed E-state index contributed by atoms with van der Waals surface area (Å²) in [4.78, 5) is 0. The minimum Gasteiger partial charge on any atom is -0.510 e. The molecule has 0 unspecified atom stereocenters. The molecule has 2 rings (SSSR count). The van der Waals surface area contributed by atoms with E-state index in [1.807, 2.05) is 31.2 Å². The molecule has 1 aromatic heterocycles. The summed E-state index contributed by atoms with van der Waals surface area (Å²) < 4.78 is 10.1. The van der Waals surface area contributed by atoms with Gasteiger partial charge < -0.3 is 14.1 Å². The summed E-state index contributed by atoms with van der Waals surface area (Å²) in [6, 6.07) is 7.61. The van der Waals surface area contributed by atoms with Crippen LogP contribution < -0.4 is 4.65 Å². The molecular formula is C9H8BO3. The van der Waals surface area contributed by atoms with Crippen molar-refractivity contribution in [1.29, 1.82) is 0 Å². The Morgan fingerprint density at radius 3 is 2.85 bits per heavy atom. The number of para-hydroxylation sites is 1. The van der Waals surface area contributed by atoms with Gasteiger partial charge in [0.25, 0.3) is 5.95 Å². The molecule has 0 fully saturated rings. The van der Waals surface area contributed by atoms with Crippen molar-refractivity contribution in [3.8, 4) is 5.95 Å². The SMILES string of the molecule is Cc1c(O[B]O)oc2ccccc12. The van der Waals surface area contributed by atoms with Gasteiger partial charge in [0.2, 0.25) is 0 Å². The second-order valence-electron chi connectivity index (χ2n) is 2.73. The molecule has 4 heteroatoms. The van der Waals surface area contributed by atoms with Gasteiger partial charge in [-0.1, -0.05) is 18.2 Å². The average molecular weight is 175 g/mol. The number of rotatable bonds is 2. The Morgan fingerprint density at radius 1 is 1.38 bits per heavy atom. The lowest BCUT2D eigenvalue weighted by Crippen LogP contribution is -1.99. The Morgan fingerprint density at radius 2 is 2.15 bits per heavy atom. The molecule has 0 aliphatic heterocycles. The zero-order valence-corrected chi connectivity index (χ0v) is 7.15. The van der Waals surface area contributed by atoms with E-state index < -0.39 is 0 Å². The van der Waals surface area contributed by atoms with Crippen LogP contribution in [0.2, 0.25) is 0 Å². The summed E-state index contributed by atoms with van der Waals surface area (Å²) in [5, 5.41) is 9.46. The molecule has 0 atom stereocenters. The number of hydrogen-bond donors (Lipinski definition) is 1. The van der Waals surface area contributed by atoms with Crippen LogP contribution in [0.1, 0.15) is 5.56 Å². The van der Waals surface area contributed by atoms with Gasteiger partial charge in [-0.3, -0.25) is 0 Å². The van der Waals surface area contributed by atoms with Crippen LogP contribution in [-0.2, 0) is 0 Å². The number of hydrogen-bond acceptors (Lipinski definition) is 3. The Hall–Kier alpha value is -1.42. The fraction of sp³-hybridized carbons (Fsp3) is 0.111. The predicted octanol–water partition coefficient (Wildman–Crippen LogP) is 1.65. The van der Waals surface area contributed by atoms with Gasteiger partial charge in [0.05, 0.1) is 0 Å². The van der Waals surface area contributed by atoms with Crippen LogP contribution in [-0.4, -0.2) is 12.7 Å². The highest BCUT2D eigenvalue weighted by Crippen LogP contribution is 2.30.